The first kappa shape index (κ1) is 28.8. The van der Waals surface area contributed by atoms with Crippen molar-refractivity contribution in [3.63, 3.8) is 0 Å². The van der Waals surface area contributed by atoms with Crippen molar-refractivity contribution in [3.05, 3.63) is 140 Å². The van der Waals surface area contributed by atoms with Crippen molar-refractivity contribution < 1.29 is 9.59 Å². The summed E-state index contributed by atoms with van der Waals surface area (Å²) in [5, 5.41) is 6.55. The van der Waals surface area contributed by atoms with E-state index in [1.165, 1.54) is 33.6 Å². The monoisotopic (exact) mass is 637 g/mol. The van der Waals surface area contributed by atoms with Crippen LogP contribution in [0.5, 0.6) is 0 Å². The summed E-state index contributed by atoms with van der Waals surface area (Å²) in [6.07, 6.45) is 0.746. The second-order valence-electron chi connectivity index (χ2n) is 11.8. The molecule has 1 heterocycles. The predicted molar refractivity (Wildman–Crippen MR) is 178 cm³/mol. The number of carbonyl (C=O) groups excluding carboxylic acids is 2. The number of benzene rings is 4. The molecular weight excluding hydrogens is 609 g/mol. The number of hydrogen-bond donors (Lipinski definition) is 1. The molecule has 3 aliphatic rings. The fourth-order valence-corrected chi connectivity index (χ4v) is 7.94. The standard InChI is InChI=1S/C36H29Cl2N3O2S/c1-36(18-28-24-10-3-5-12-26(24)32(36)27-13-6-4-11-25(27)28)34(43)40-35-39-31(20-44-35)22-8-7-9-23(17-22)33(42)41(2)19-21-14-15-29(37)30(38)16-21/h3-17,20,28,32H,18-19H2,1-2H3,(H,39,40,43). The topological polar surface area (TPSA) is 62.3 Å². The highest BCUT2D eigenvalue weighted by atomic mass is 35.5. The first-order valence-electron chi connectivity index (χ1n) is 14.5. The van der Waals surface area contributed by atoms with Crippen LogP contribution in [-0.2, 0) is 11.3 Å². The Morgan fingerprint density at radius 1 is 0.909 bits per heavy atom. The first-order valence-corrected chi connectivity index (χ1v) is 16.1. The zero-order valence-corrected chi connectivity index (χ0v) is 26.5. The van der Waals surface area contributed by atoms with Gasteiger partial charge in [-0.25, -0.2) is 4.98 Å². The molecule has 3 aliphatic carbocycles. The molecular formula is C36H29Cl2N3O2S. The lowest BCUT2D eigenvalue weighted by Crippen LogP contribution is -2.47. The molecule has 1 N–H and O–H groups in total. The Bertz CT molecular complexity index is 1890. The summed E-state index contributed by atoms with van der Waals surface area (Å²) in [5.74, 6) is 0.0146. The number of nitrogens with one attached hydrogen (secondary N) is 1. The maximum atomic E-state index is 14.0. The Balaban J connectivity index is 1.10. The summed E-state index contributed by atoms with van der Waals surface area (Å²) >= 11 is 13.6. The van der Waals surface area contributed by atoms with Gasteiger partial charge in [-0.15, -0.1) is 11.3 Å². The zero-order valence-electron chi connectivity index (χ0n) is 24.2. The maximum absolute atomic E-state index is 14.0. The molecule has 1 atom stereocenters. The van der Waals surface area contributed by atoms with Gasteiger partial charge in [0.15, 0.2) is 5.13 Å². The van der Waals surface area contributed by atoms with Crippen LogP contribution in [0.4, 0.5) is 5.13 Å². The third kappa shape index (κ3) is 4.91. The lowest BCUT2D eigenvalue weighted by molar-refractivity contribution is -0.126. The summed E-state index contributed by atoms with van der Waals surface area (Å²) in [6.45, 7) is 2.48. The van der Waals surface area contributed by atoms with Gasteiger partial charge in [0, 0.05) is 41.9 Å². The zero-order chi connectivity index (χ0) is 30.6. The summed E-state index contributed by atoms with van der Waals surface area (Å²) in [6, 6.07) is 29.8. The molecule has 2 amide bonds. The molecule has 1 aromatic heterocycles. The number of nitrogens with zero attached hydrogens (tertiary/aromatic N) is 2. The van der Waals surface area contributed by atoms with Crippen LogP contribution in [0.15, 0.2) is 96.4 Å². The van der Waals surface area contributed by atoms with Crippen LogP contribution in [0, 0.1) is 5.41 Å². The first-order chi connectivity index (χ1) is 21.2. The van der Waals surface area contributed by atoms with Crippen molar-refractivity contribution >= 4 is 51.5 Å². The number of amides is 2. The summed E-state index contributed by atoms with van der Waals surface area (Å²) in [7, 11) is 1.75. The largest absolute Gasteiger partial charge is 0.337 e. The van der Waals surface area contributed by atoms with Gasteiger partial charge in [-0.2, -0.15) is 0 Å². The lowest BCUT2D eigenvalue weighted by Gasteiger charge is -2.50. The molecule has 44 heavy (non-hydrogen) atoms. The lowest BCUT2D eigenvalue weighted by atomic mass is 9.52. The van der Waals surface area contributed by atoms with Crippen molar-refractivity contribution in [2.24, 2.45) is 5.41 Å². The molecule has 220 valence electrons. The number of hydrogen-bond acceptors (Lipinski definition) is 4. The number of rotatable bonds is 6. The molecule has 1 unspecified atom stereocenters. The molecule has 0 radical (unpaired) electrons. The van der Waals surface area contributed by atoms with Crippen LogP contribution < -0.4 is 5.32 Å². The number of carbonyl (C=O) groups is 2. The molecule has 0 spiro atoms. The van der Waals surface area contributed by atoms with Gasteiger partial charge >= 0.3 is 0 Å². The fraction of sp³-hybridized carbons (Fsp3) is 0.194. The van der Waals surface area contributed by atoms with Crippen molar-refractivity contribution in [3.8, 4) is 11.3 Å². The van der Waals surface area contributed by atoms with Crippen LogP contribution >= 0.6 is 34.5 Å². The average molecular weight is 639 g/mol. The average Bonchev–Trinajstić information content (AvgIpc) is 3.51. The van der Waals surface area contributed by atoms with E-state index in [1.807, 2.05) is 29.6 Å². The van der Waals surface area contributed by atoms with Crippen molar-refractivity contribution in [1.82, 2.24) is 9.88 Å². The minimum atomic E-state index is -0.621. The van der Waals surface area contributed by atoms with Crippen LogP contribution in [-0.4, -0.2) is 28.7 Å². The number of fused-ring (bicyclic) bond motifs is 1. The summed E-state index contributed by atoms with van der Waals surface area (Å²) in [5.41, 5.74) is 7.47. The third-order valence-corrected chi connectivity index (χ3v) is 10.5. The Hall–Kier alpha value is -3.97. The van der Waals surface area contributed by atoms with Gasteiger partial charge in [0.2, 0.25) is 5.91 Å². The number of thiazole rings is 1. The minimum absolute atomic E-state index is 0.0229. The SMILES string of the molecule is CN(Cc1ccc(Cl)c(Cl)c1)C(=O)c1cccc(-c2csc(NC(=O)C3(C)CC4c5ccccc5C3c3ccccc34)n2)c1. The van der Waals surface area contributed by atoms with Gasteiger partial charge in [0.25, 0.3) is 5.91 Å². The van der Waals surface area contributed by atoms with E-state index >= 15 is 0 Å². The molecule has 0 aliphatic heterocycles. The quantitative estimate of drug-likeness (QED) is 0.202. The van der Waals surface area contributed by atoms with Crippen LogP contribution in [0.2, 0.25) is 10.0 Å². The Kier molecular flexibility index (Phi) is 7.32. The van der Waals surface area contributed by atoms with Gasteiger partial charge < -0.3 is 10.2 Å². The van der Waals surface area contributed by atoms with E-state index in [1.54, 1.807) is 30.1 Å². The van der Waals surface area contributed by atoms with E-state index in [2.05, 4.69) is 60.8 Å². The van der Waals surface area contributed by atoms with Crippen molar-refractivity contribution in [1.29, 1.82) is 0 Å². The second-order valence-corrected chi connectivity index (χ2v) is 13.5. The molecule has 8 heteroatoms. The smallest absolute Gasteiger partial charge is 0.253 e. The van der Waals surface area contributed by atoms with Gasteiger partial charge in [0.1, 0.15) is 0 Å². The van der Waals surface area contributed by atoms with E-state index in [-0.39, 0.29) is 23.7 Å². The second kappa shape index (κ2) is 11.2. The van der Waals surface area contributed by atoms with Crippen molar-refractivity contribution in [2.45, 2.75) is 31.7 Å². The van der Waals surface area contributed by atoms with E-state index in [0.29, 0.717) is 33.0 Å². The van der Waals surface area contributed by atoms with Gasteiger partial charge in [0.05, 0.1) is 21.2 Å². The van der Waals surface area contributed by atoms with Crippen LogP contribution in [0.1, 0.15) is 63.4 Å². The molecule has 0 saturated carbocycles. The number of aromatic nitrogens is 1. The molecule has 5 nitrogen and oxygen atoms in total. The maximum Gasteiger partial charge on any atom is 0.253 e. The normalized spacial score (nSPS) is 19.6. The Morgan fingerprint density at radius 3 is 2.27 bits per heavy atom. The van der Waals surface area contributed by atoms with E-state index in [4.69, 9.17) is 28.2 Å². The molecule has 8 rings (SSSR count). The summed E-state index contributed by atoms with van der Waals surface area (Å²) < 4.78 is 0. The minimum Gasteiger partial charge on any atom is -0.337 e. The summed E-state index contributed by atoms with van der Waals surface area (Å²) in [4.78, 5) is 33.7. The Morgan fingerprint density at radius 2 is 1.59 bits per heavy atom. The highest BCUT2D eigenvalue weighted by Crippen LogP contribution is 2.61. The van der Waals surface area contributed by atoms with Crippen molar-refractivity contribution in [2.75, 3.05) is 12.4 Å². The third-order valence-electron chi connectivity index (χ3n) is 9.03. The molecule has 4 aromatic carbocycles. The van der Waals surface area contributed by atoms with E-state index in [9.17, 15) is 9.59 Å². The van der Waals surface area contributed by atoms with Gasteiger partial charge in [-0.1, -0.05) is 89.9 Å². The van der Waals surface area contributed by atoms with Crippen LogP contribution in [0.3, 0.4) is 0 Å². The Labute approximate surface area is 270 Å². The van der Waals surface area contributed by atoms with Crippen LogP contribution in [0.25, 0.3) is 11.3 Å². The molecule has 2 bridgehead atoms. The van der Waals surface area contributed by atoms with Gasteiger partial charge in [-0.3, -0.25) is 9.59 Å². The highest BCUT2D eigenvalue weighted by Gasteiger charge is 2.54. The van der Waals surface area contributed by atoms with E-state index in [0.717, 1.165) is 17.5 Å². The molecule has 0 fully saturated rings. The molecule has 5 aromatic rings. The number of halogens is 2. The molecule has 0 saturated heterocycles. The highest BCUT2D eigenvalue weighted by molar-refractivity contribution is 7.14. The number of anilines is 1. The van der Waals surface area contributed by atoms with E-state index < -0.39 is 5.41 Å². The predicted octanol–water partition coefficient (Wildman–Crippen LogP) is 9.02. The van der Waals surface area contributed by atoms with Gasteiger partial charge in [-0.05, 0) is 65.4 Å². The fourth-order valence-electron chi connectivity index (χ4n) is 6.91.